The number of aromatic nitrogens is 2. The lowest BCUT2D eigenvalue weighted by Crippen LogP contribution is -2.25. The summed E-state index contributed by atoms with van der Waals surface area (Å²) >= 11 is 1.58. The van der Waals surface area contributed by atoms with Crippen molar-refractivity contribution >= 4 is 17.2 Å². The lowest BCUT2D eigenvalue weighted by molar-refractivity contribution is 0.0926. The number of nitrogens with zero attached hydrogens (tertiary/aromatic N) is 2. The second-order valence-electron chi connectivity index (χ2n) is 4.35. The van der Waals surface area contributed by atoms with Crippen LogP contribution in [0.15, 0.2) is 52.7 Å². The molecule has 0 aliphatic heterocycles. The summed E-state index contributed by atoms with van der Waals surface area (Å²) in [6.45, 7) is 0.527. The highest BCUT2D eigenvalue weighted by molar-refractivity contribution is 7.09. The Morgan fingerprint density at radius 3 is 3.05 bits per heavy atom. The quantitative estimate of drug-likeness (QED) is 0.786. The first-order chi connectivity index (χ1) is 10.3. The maximum absolute atomic E-state index is 11.7. The van der Waals surface area contributed by atoms with Gasteiger partial charge in [-0.15, -0.1) is 11.3 Å². The molecule has 3 heterocycles. The van der Waals surface area contributed by atoms with Crippen LogP contribution < -0.4 is 5.32 Å². The van der Waals surface area contributed by atoms with Crippen molar-refractivity contribution in [3.05, 3.63) is 59.1 Å². The molecule has 6 heteroatoms. The van der Waals surface area contributed by atoms with E-state index in [1.807, 2.05) is 17.5 Å². The predicted octanol–water partition coefficient (Wildman–Crippen LogP) is 2.77. The van der Waals surface area contributed by atoms with Gasteiger partial charge in [0.1, 0.15) is 0 Å². The Morgan fingerprint density at radius 1 is 1.33 bits per heavy atom. The molecule has 0 fully saturated rings. The molecule has 0 aliphatic rings. The molecule has 21 heavy (non-hydrogen) atoms. The summed E-state index contributed by atoms with van der Waals surface area (Å²) in [6, 6.07) is 7.19. The first kappa shape index (κ1) is 13.5. The van der Waals surface area contributed by atoms with E-state index in [9.17, 15) is 4.79 Å². The van der Waals surface area contributed by atoms with Gasteiger partial charge in [0.05, 0.1) is 17.0 Å². The normalized spacial score (nSPS) is 10.5. The highest BCUT2D eigenvalue weighted by atomic mass is 32.1. The highest BCUT2D eigenvalue weighted by Crippen LogP contribution is 2.20. The van der Waals surface area contributed by atoms with Crippen LogP contribution in [0.2, 0.25) is 0 Å². The van der Waals surface area contributed by atoms with Crippen molar-refractivity contribution in [3.8, 4) is 11.3 Å². The molecule has 1 amide bonds. The van der Waals surface area contributed by atoms with E-state index in [1.165, 1.54) is 6.26 Å². The molecule has 0 saturated heterocycles. The SMILES string of the molecule is O=C(NCCc1nc(-c2cccnc2)cs1)c1ccco1. The van der Waals surface area contributed by atoms with Gasteiger partial charge in [-0.25, -0.2) is 4.98 Å². The van der Waals surface area contributed by atoms with Gasteiger partial charge in [-0.3, -0.25) is 9.78 Å². The van der Waals surface area contributed by atoms with Crippen LogP contribution in [-0.2, 0) is 6.42 Å². The average molecular weight is 299 g/mol. The molecule has 0 bridgehead atoms. The fraction of sp³-hybridized carbons (Fsp3) is 0.133. The van der Waals surface area contributed by atoms with Crippen molar-refractivity contribution in [1.29, 1.82) is 0 Å². The highest BCUT2D eigenvalue weighted by Gasteiger charge is 2.08. The Morgan fingerprint density at radius 2 is 2.29 bits per heavy atom. The van der Waals surface area contributed by atoms with E-state index in [4.69, 9.17) is 4.42 Å². The molecule has 3 aromatic heterocycles. The Hall–Kier alpha value is -2.47. The van der Waals surface area contributed by atoms with Gasteiger partial charge in [0.2, 0.25) is 0 Å². The third-order valence-electron chi connectivity index (χ3n) is 2.88. The van der Waals surface area contributed by atoms with Crippen molar-refractivity contribution in [2.45, 2.75) is 6.42 Å². The van der Waals surface area contributed by atoms with Gasteiger partial charge in [-0.1, -0.05) is 0 Å². The molecular weight excluding hydrogens is 286 g/mol. The molecule has 0 spiro atoms. The van der Waals surface area contributed by atoms with Gasteiger partial charge in [0, 0.05) is 36.3 Å². The zero-order chi connectivity index (χ0) is 14.5. The summed E-state index contributed by atoms with van der Waals surface area (Å²) in [5.74, 6) is 0.120. The number of thiazole rings is 1. The molecule has 0 radical (unpaired) electrons. The zero-order valence-electron chi connectivity index (χ0n) is 11.2. The van der Waals surface area contributed by atoms with E-state index in [-0.39, 0.29) is 5.91 Å². The number of amides is 1. The number of hydrogen-bond donors (Lipinski definition) is 1. The number of carbonyl (C=O) groups is 1. The lowest BCUT2D eigenvalue weighted by atomic mass is 10.2. The number of furan rings is 1. The van der Waals surface area contributed by atoms with E-state index >= 15 is 0 Å². The minimum atomic E-state index is -0.205. The standard InChI is InChI=1S/C15H13N3O2S/c19-15(13-4-2-8-20-13)17-7-5-14-18-12(10-21-14)11-3-1-6-16-9-11/h1-4,6,8-10H,5,7H2,(H,17,19). The molecule has 1 N–H and O–H groups in total. The van der Waals surface area contributed by atoms with Crippen molar-refractivity contribution < 1.29 is 9.21 Å². The van der Waals surface area contributed by atoms with Crippen molar-refractivity contribution in [1.82, 2.24) is 15.3 Å². The van der Waals surface area contributed by atoms with Crippen LogP contribution in [-0.4, -0.2) is 22.4 Å². The van der Waals surface area contributed by atoms with Crippen LogP contribution in [0.1, 0.15) is 15.6 Å². The second kappa shape index (κ2) is 6.32. The Bertz CT molecular complexity index is 708. The molecule has 0 aromatic carbocycles. The van der Waals surface area contributed by atoms with Crippen LogP contribution in [0.5, 0.6) is 0 Å². The summed E-state index contributed by atoms with van der Waals surface area (Å²) in [5.41, 5.74) is 1.92. The summed E-state index contributed by atoms with van der Waals surface area (Å²) in [6.07, 6.45) is 5.70. The Balaban J connectivity index is 1.55. The molecule has 0 saturated carbocycles. The van der Waals surface area contributed by atoms with Gasteiger partial charge in [0.25, 0.3) is 5.91 Å². The predicted molar refractivity (Wildman–Crippen MR) is 80.1 cm³/mol. The monoisotopic (exact) mass is 299 g/mol. The molecule has 3 rings (SSSR count). The van der Waals surface area contributed by atoms with E-state index in [0.29, 0.717) is 18.7 Å². The van der Waals surface area contributed by atoms with E-state index in [2.05, 4.69) is 15.3 Å². The minimum Gasteiger partial charge on any atom is -0.459 e. The Kier molecular flexibility index (Phi) is 4.07. The molecular formula is C15H13N3O2S. The maximum atomic E-state index is 11.7. The smallest absolute Gasteiger partial charge is 0.286 e. The summed E-state index contributed by atoms with van der Waals surface area (Å²) in [5, 5.41) is 5.79. The van der Waals surface area contributed by atoms with Gasteiger partial charge in [-0.05, 0) is 24.3 Å². The van der Waals surface area contributed by atoms with E-state index in [0.717, 1.165) is 16.3 Å². The van der Waals surface area contributed by atoms with E-state index in [1.54, 1.807) is 35.9 Å². The first-order valence-electron chi connectivity index (χ1n) is 6.49. The summed E-state index contributed by atoms with van der Waals surface area (Å²) in [4.78, 5) is 20.3. The lowest BCUT2D eigenvalue weighted by Gasteiger charge is -2.00. The van der Waals surface area contributed by atoms with Crippen molar-refractivity contribution in [2.24, 2.45) is 0 Å². The molecule has 0 unspecified atom stereocenters. The molecule has 0 aliphatic carbocycles. The zero-order valence-corrected chi connectivity index (χ0v) is 12.0. The van der Waals surface area contributed by atoms with Gasteiger partial charge < -0.3 is 9.73 Å². The van der Waals surface area contributed by atoms with Gasteiger partial charge in [0.15, 0.2) is 5.76 Å². The van der Waals surface area contributed by atoms with Crippen LogP contribution in [0.25, 0.3) is 11.3 Å². The first-order valence-corrected chi connectivity index (χ1v) is 7.37. The number of carbonyl (C=O) groups excluding carboxylic acids is 1. The maximum Gasteiger partial charge on any atom is 0.286 e. The van der Waals surface area contributed by atoms with E-state index < -0.39 is 0 Å². The van der Waals surface area contributed by atoms with Gasteiger partial charge >= 0.3 is 0 Å². The Labute approximate surface area is 125 Å². The fourth-order valence-electron chi connectivity index (χ4n) is 1.85. The van der Waals surface area contributed by atoms with Crippen LogP contribution >= 0.6 is 11.3 Å². The number of rotatable bonds is 5. The molecule has 5 nitrogen and oxygen atoms in total. The average Bonchev–Trinajstić information content (AvgIpc) is 3.20. The number of hydrogen-bond acceptors (Lipinski definition) is 5. The summed E-state index contributed by atoms with van der Waals surface area (Å²) in [7, 11) is 0. The number of nitrogens with one attached hydrogen (secondary N) is 1. The van der Waals surface area contributed by atoms with Crippen molar-refractivity contribution in [3.63, 3.8) is 0 Å². The fourth-order valence-corrected chi connectivity index (χ4v) is 2.66. The number of pyridine rings is 1. The summed E-state index contributed by atoms with van der Waals surface area (Å²) < 4.78 is 5.03. The van der Waals surface area contributed by atoms with Crippen LogP contribution in [0.4, 0.5) is 0 Å². The van der Waals surface area contributed by atoms with Gasteiger partial charge in [-0.2, -0.15) is 0 Å². The topological polar surface area (TPSA) is 68.0 Å². The molecule has 3 aromatic rings. The largest absolute Gasteiger partial charge is 0.459 e. The van der Waals surface area contributed by atoms with Crippen molar-refractivity contribution in [2.75, 3.05) is 6.54 Å². The third-order valence-corrected chi connectivity index (χ3v) is 3.79. The second-order valence-corrected chi connectivity index (χ2v) is 5.29. The molecule has 0 atom stereocenters. The van der Waals surface area contributed by atoms with Crippen LogP contribution in [0, 0.1) is 0 Å². The molecule has 106 valence electrons. The minimum absolute atomic E-state index is 0.205. The third kappa shape index (κ3) is 3.35. The van der Waals surface area contributed by atoms with Crippen LogP contribution in [0.3, 0.4) is 0 Å².